The number of amides is 1. The molecule has 0 bridgehead atoms. The molecule has 1 heterocycles. The van der Waals surface area contributed by atoms with Crippen molar-refractivity contribution < 1.29 is 24.0 Å². The fourth-order valence-corrected chi connectivity index (χ4v) is 3.16. The molecular weight excluding hydrogens is 364 g/mol. The van der Waals surface area contributed by atoms with E-state index < -0.39 is 16.9 Å². The summed E-state index contributed by atoms with van der Waals surface area (Å²) in [5.74, 6) is -1.02. The molecule has 0 radical (unpaired) electrons. The first-order valence-corrected chi connectivity index (χ1v) is 8.60. The number of hydrogen-bond donors (Lipinski definition) is 0. The largest absolute Gasteiger partial charge is 0.465 e. The fourth-order valence-electron chi connectivity index (χ4n) is 3.16. The summed E-state index contributed by atoms with van der Waals surface area (Å²) in [6, 6.07) is 9.83. The Labute approximate surface area is 160 Å². The van der Waals surface area contributed by atoms with Gasteiger partial charge >= 0.3 is 5.97 Å². The number of non-ortho nitro benzene ring substituents is 1. The van der Waals surface area contributed by atoms with Crippen molar-refractivity contribution in [1.82, 2.24) is 4.90 Å². The number of Topliss-reactive ketones (excluding diaryl/α,β-unsaturated/α-hetero) is 1. The second kappa shape index (κ2) is 7.59. The van der Waals surface area contributed by atoms with Gasteiger partial charge in [0.05, 0.1) is 23.6 Å². The predicted molar refractivity (Wildman–Crippen MR) is 98.9 cm³/mol. The molecule has 0 N–H and O–H groups in total. The number of ketones is 1. The van der Waals surface area contributed by atoms with Crippen LogP contribution < -0.4 is 0 Å². The van der Waals surface area contributed by atoms with E-state index in [2.05, 4.69) is 4.74 Å². The molecule has 0 fully saturated rings. The van der Waals surface area contributed by atoms with Crippen molar-refractivity contribution in [2.45, 2.75) is 25.9 Å². The predicted octanol–water partition coefficient (Wildman–Crippen LogP) is 2.54. The van der Waals surface area contributed by atoms with Crippen LogP contribution in [0.15, 0.2) is 42.5 Å². The maximum atomic E-state index is 13.0. The normalized spacial score (nSPS) is 16.4. The lowest BCUT2D eigenvalue weighted by Gasteiger charge is -2.26. The van der Waals surface area contributed by atoms with Gasteiger partial charge in [-0.05, 0) is 36.2 Å². The van der Waals surface area contributed by atoms with Crippen LogP contribution in [0, 0.1) is 10.1 Å². The summed E-state index contributed by atoms with van der Waals surface area (Å²) in [5.41, 5.74) is 1.62. The van der Waals surface area contributed by atoms with Crippen LogP contribution >= 0.6 is 0 Å². The molecule has 0 saturated carbocycles. The van der Waals surface area contributed by atoms with Gasteiger partial charge in [0.25, 0.3) is 11.6 Å². The molecule has 3 rings (SSSR count). The number of carbonyl (C=O) groups excluding carboxylic acids is 3. The molecule has 0 spiro atoms. The Bertz CT molecular complexity index is 967. The van der Waals surface area contributed by atoms with E-state index in [1.165, 1.54) is 30.2 Å². The summed E-state index contributed by atoms with van der Waals surface area (Å²) in [6.07, 6.45) is -0.0400. The number of rotatable bonds is 4. The summed E-state index contributed by atoms with van der Waals surface area (Å²) < 4.78 is 4.66. The maximum Gasteiger partial charge on any atom is 0.337 e. The van der Waals surface area contributed by atoms with E-state index in [1.54, 1.807) is 31.2 Å². The van der Waals surface area contributed by atoms with Gasteiger partial charge in [0, 0.05) is 30.7 Å². The number of hydrogen-bond acceptors (Lipinski definition) is 6. The summed E-state index contributed by atoms with van der Waals surface area (Å²) in [7, 11) is 1.29. The molecule has 2 aromatic rings. The second-order valence-corrected chi connectivity index (χ2v) is 6.54. The SMILES string of the molecule is COC(=O)c1ccc(CN2C(=O)c3ccc([N+](=O)[O-])cc3CC(=O)[C@H]2C)cc1. The molecule has 1 aliphatic rings. The highest BCUT2D eigenvalue weighted by Gasteiger charge is 2.33. The third-order valence-electron chi connectivity index (χ3n) is 4.82. The van der Waals surface area contributed by atoms with E-state index in [1.807, 2.05) is 0 Å². The second-order valence-electron chi connectivity index (χ2n) is 6.54. The molecule has 28 heavy (non-hydrogen) atoms. The molecular formula is C20H18N2O6. The molecule has 8 nitrogen and oxygen atoms in total. The van der Waals surface area contributed by atoms with Gasteiger partial charge in [-0.1, -0.05) is 12.1 Å². The van der Waals surface area contributed by atoms with Crippen LogP contribution in [0.2, 0.25) is 0 Å². The van der Waals surface area contributed by atoms with E-state index in [0.717, 1.165) is 5.56 Å². The third kappa shape index (κ3) is 3.62. The number of ether oxygens (including phenoxy) is 1. The number of methoxy groups -OCH3 is 1. The Morgan fingerprint density at radius 3 is 2.50 bits per heavy atom. The van der Waals surface area contributed by atoms with Crippen LogP contribution in [-0.4, -0.2) is 40.6 Å². The number of esters is 1. The zero-order valence-electron chi connectivity index (χ0n) is 15.4. The molecule has 0 aliphatic carbocycles. The van der Waals surface area contributed by atoms with Gasteiger partial charge in [-0.3, -0.25) is 19.7 Å². The minimum Gasteiger partial charge on any atom is -0.465 e. The molecule has 1 aliphatic heterocycles. The molecule has 0 unspecified atom stereocenters. The minimum atomic E-state index is -0.681. The van der Waals surface area contributed by atoms with Crippen molar-refractivity contribution in [2.24, 2.45) is 0 Å². The average molecular weight is 382 g/mol. The van der Waals surface area contributed by atoms with E-state index >= 15 is 0 Å². The lowest BCUT2D eigenvalue weighted by molar-refractivity contribution is -0.384. The quantitative estimate of drug-likeness (QED) is 0.457. The van der Waals surface area contributed by atoms with Crippen molar-refractivity contribution >= 4 is 23.3 Å². The molecule has 1 atom stereocenters. The fraction of sp³-hybridized carbons (Fsp3) is 0.250. The first-order chi connectivity index (χ1) is 13.3. The van der Waals surface area contributed by atoms with E-state index in [-0.39, 0.29) is 35.9 Å². The number of carbonyl (C=O) groups is 3. The lowest BCUT2D eigenvalue weighted by Crippen LogP contribution is -2.41. The highest BCUT2D eigenvalue weighted by atomic mass is 16.6. The van der Waals surface area contributed by atoms with Gasteiger partial charge in [0.2, 0.25) is 0 Å². The van der Waals surface area contributed by atoms with Crippen LogP contribution in [0.1, 0.15) is 38.8 Å². The zero-order chi connectivity index (χ0) is 20.4. The smallest absolute Gasteiger partial charge is 0.337 e. The molecule has 2 aromatic carbocycles. The van der Waals surface area contributed by atoms with Crippen molar-refractivity contribution in [1.29, 1.82) is 0 Å². The van der Waals surface area contributed by atoms with Gasteiger partial charge < -0.3 is 9.64 Å². The Balaban J connectivity index is 1.92. The minimum absolute atomic E-state index is 0.0400. The van der Waals surface area contributed by atoms with E-state index in [0.29, 0.717) is 11.1 Å². The monoisotopic (exact) mass is 382 g/mol. The van der Waals surface area contributed by atoms with E-state index in [9.17, 15) is 24.5 Å². The van der Waals surface area contributed by atoms with Gasteiger partial charge in [-0.15, -0.1) is 0 Å². The summed E-state index contributed by atoms with van der Waals surface area (Å²) in [5, 5.41) is 11.0. The Morgan fingerprint density at radius 2 is 1.89 bits per heavy atom. The Hall–Kier alpha value is -3.55. The van der Waals surface area contributed by atoms with Gasteiger partial charge in [0.15, 0.2) is 5.78 Å². The van der Waals surface area contributed by atoms with Crippen LogP contribution in [0.4, 0.5) is 5.69 Å². The number of fused-ring (bicyclic) bond motifs is 1. The summed E-state index contributed by atoms with van der Waals surface area (Å²) in [6.45, 7) is 1.81. The van der Waals surface area contributed by atoms with Crippen molar-refractivity contribution in [2.75, 3.05) is 7.11 Å². The highest BCUT2D eigenvalue weighted by Crippen LogP contribution is 2.26. The number of benzene rings is 2. The molecule has 0 aromatic heterocycles. The molecule has 1 amide bonds. The van der Waals surface area contributed by atoms with Crippen LogP contribution in [0.5, 0.6) is 0 Å². The summed E-state index contributed by atoms with van der Waals surface area (Å²) in [4.78, 5) is 49.0. The Morgan fingerprint density at radius 1 is 1.21 bits per heavy atom. The highest BCUT2D eigenvalue weighted by molar-refractivity contribution is 6.03. The third-order valence-corrected chi connectivity index (χ3v) is 4.82. The average Bonchev–Trinajstić information content (AvgIpc) is 2.78. The lowest BCUT2D eigenvalue weighted by atomic mass is 10.0. The Kier molecular flexibility index (Phi) is 5.21. The van der Waals surface area contributed by atoms with Crippen LogP contribution in [-0.2, 0) is 22.5 Å². The first kappa shape index (κ1) is 19.2. The van der Waals surface area contributed by atoms with Crippen molar-refractivity contribution in [3.8, 4) is 0 Å². The van der Waals surface area contributed by atoms with Crippen molar-refractivity contribution in [3.63, 3.8) is 0 Å². The molecule has 144 valence electrons. The maximum absolute atomic E-state index is 13.0. The number of nitro benzene ring substituents is 1. The van der Waals surface area contributed by atoms with Crippen LogP contribution in [0.3, 0.4) is 0 Å². The zero-order valence-corrected chi connectivity index (χ0v) is 15.4. The van der Waals surface area contributed by atoms with Gasteiger partial charge in [0.1, 0.15) is 0 Å². The number of nitrogens with zero attached hydrogens (tertiary/aromatic N) is 2. The first-order valence-electron chi connectivity index (χ1n) is 8.60. The van der Waals surface area contributed by atoms with Crippen LogP contribution in [0.25, 0.3) is 0 Å². The van der Waals surface area contributed by atoms with Gasteiger partial charge in [-0.2, -0.15) is 0 Å². The number of nitro groups is 1. The summed E-state index contributed by atoms with van der Waals surface area (Å²) >= 11 is 0. The van der Waals surface area contributed by atoms with E-state index in [4.69, 9.17) is 0 Å². The topological polar surface area (TPSA) is 107 Å². The molecule has 0 saturated heterocycles. The van der Waals surface area contributed by atoms with Crippen molar-refractivity contribution in [3.05, 3.63) is 74.8 Å². The standard InChI is InChI=1S/C20H18N2O6/c1-12-18(23)10-15-9-16(22(26)27)7-8-17(15)19(24)21(12)11-13-3-5-14(6-4-13)20(25)28-2/h3-9,12H,10-11H2,1-2H3/t12-/m1/s1. The molecule has 8 heteroatoms. The van der Waals surface area contributed by atoms with Gasteiger partial charge in [-0.25, -0.2) is 4.79 Å².